The molecule has 1 aliphatic heterocycles. The first-order chi connectivity index (χ1) is 11.9. The number of nitrogens with zero attached hydrogens (tertiary/aromatic N) is 1. The number of benzene rings is 1. The molecule has 0 atom stereocenters. The molecule has 1 fully saturated rings. The van der Waals surface area contributed by atoms with Crippen LogP contribution in [0.15, 0.2) is 24.3 Å². The average Bonchev–Trinajstić information content (AvgIpc) is 2.58. The lowest BCUT2D eigenvalue weighted by Gasteiger charge is -2.31. The predicted octanol–water partition coefficient (Wildman–Crippen LogP) is 3.57. The molecule has 1 N–H and O–H groups in total. The van der Waals surface area contributed by atoms with E-state index in [1.807, 2.05) is 0 Å². The summed E-state index contributed by atoms with van der Waals surface area (Å²) >= 11 is 12.5. The molecule has 0 aliphatic carbocycles. The van der Waals surface area contributed by atoms with Crippen molar-refractivity contribution in [2.24, 2.45) is 5.92 Å². The summed E-state index contributed by atoms with van der Waals surface area (Å²) in [6.45, 7) is 3.77. The number of nitrogens with one attached hydrogen (secondary N) is 1. The number of halogens is 1. The van der Waals surface area contributed by atoms with Gasteiger partial charge in [-0.1, -0.05) is 48.6 Å². The summed E-state index contributed by atoms with van der Waals surface area (Å²) in [5.74, 6) is -0.0331. The molecular formula is C17H21ClN2O3S2. The fourth-order valence-electron chi connectivity index (χ4n) is 2.35. The Kier molecular flexibility index (Phi) is 7.99. The van der Waals surface area contributed by atoms with Crippen molar-refractivity contribution in [2.45, 2.75) is 19.8 Å². The van der Waals surface area contributed by atoms with Crippen molar-refractivity contribution < 1.29 is 14.3 Å². The van der Waals surface area contributed by atoms with Crippen molar-refractivity contribution in [3.63, 3.8) is 0 Å². The van der Waals surface area contributed by atoms with Gasteiger partial charge < -0.3 is 15.0 Å². The van der Waals surface area contributed by atoms with Gasteiger partial charge in [-0.25, -0.2) is 0 Å². The third kappa shape index (κ3) is 7.22. The molecule has 2 rings (SSSR count). The number of carbonyl (C=O) groups is 2. The summed E-state index contributed by atoms with van der Waals surface area (Å²) in [4.78, 5) is 25.7. The monoisotopic (exact) mass is 400 g/mol. The Balaban J connectivity index is 1.65. The molecule has 5 nitrogen and oxygen atoms in total. The number of anilines is 1. The third-order valence-electron chi connectivity index (χ3n) is 3.83. The van der Waals surface area contributed by atoms with Gasteiger partial charge in [0, 0.05) is 23.8 Å². The van der Waals surface area contributed by atoms with Crippen LogP contribution in [0.3, 0.4) is 0 Å². The van der Waals surface area contributed by atoms with Crippen LogP contribution in [-0.4, -0.2) is 46.5 Å². The van der Waals surface area contributed by atoms with E-state index in [0.717, 1.165) is 31.8 Å². The number of amides is 1. The molecule has 0 bridgehead atoms. The second-order valence-corrected chi connectivity index (χ2v) is 7.99. The van der Waals surface area contributed by atoms with Crippen molar-refractivity contribution in [2.75, 3.05) is 30.8 Å². The molecule has 0 aromatic heterocycles. The van der Waals surface area contributed by atoms with Crippen molar-refractivity contribution in [3.8, 4) is 0 Å². The normalized spacial score (nSPS) is 14.9. The van der Waals surface area contributed by atoms with Gasteiger partial charge in [-0.15, -0.1) is 0 Å². The molecule has 8 heteroatoms. The van der Waals surface area contributed by atoms with Gasteiger partial charge in [0.1, 0.15) is 4.32 Å². The van der Waals surface area contributed by atoms with E-state index < -0.39 is 11.9 Å². The van der Waals surface area contributed by atoms with Crippen molar-refractivity contribution in [3.05, 3.63) is 29.3 Å². The van der Waals surface area contributed by atoms with Crippen LogP contribution in [0.4, 0.5) is 5.69 Å². The average molecular weight is 401 g/mol. The Morgan fingerprint density at radius 1 is 1.40 bits per heavy atom. The smallest absolute Gasteiger partial charge is 0.316 e. The summed E-state index contributed by atoms with van der Waals surface area (Å²) in [6.07, 6.45) is 2.24. The number of hydrogen-bond donors (Lipinski definition) is 1. The van der Waals surface area contributed by atoms with Gasteiger partial charge >= 0.3 is 5.97 Å². The van der Waals surface area contributed by atoms with E-state index in [1.165, 1.54) is 11.8 Å². The number of likely N-dealkylation sites (tertiary alicyclic amines) is 1. The first-order valence-corrected chi connectivity index (χ1v) is 9.84. The molecule has 1 amide bonds. The lowest BCUT2D eigenvalue weighted by atomic mass is 10.00. The molecule has 1 aromatic carbocycles. The van der Waals surface area contributed by atoms with E-state index in [4.69, 9.17) is 28.6 Å². The zero-order chi connectivity index (χ0) is 18.2. The van der Waals surface area contributed by atoms with Crippen molar-refractivity contribution in [1.82, 2.24) is 4.90 Å². The molecule has 136 valence electrons. The van der Waals surface area contributed by atoms with Crippen molar-refractivity contribution in [1.29, 1.82) is 0 Å². The van der Waals surface area contributed by atoms with E-state index in [-0.39, 0.29) is 12.4 Å². The maximum absolute atomic E-state index is 11.8. The SMILES string of the molecule is CC1CCN(C(=S)SCC(=O)OCC(=O)Nc2cccc(Cl)c2)CC1. The highest BCUT2D eigenvalue weighted by Crippen LogP contribution is 2.20. The number of hydrogen-bond acceptors (Lipinski definition) is 5. The van der Waals surface area contributed by atoms with Gasteiger partial charge in [-0.05, 0) is 37.0 Å². The van der Waals surface area contributed by atoms with E-state index in [0.29, 0.717) is 15.0 Å². The van der Waals surface area contributed by atoms with Crippen LogP contribution in [0.5, 0.6) is 0 Å². The molecule has 0 unspecified atom stereocenters. The molecule has 0 radical (unpaired) electrons. The standard InChI is InChI=1S/C17H21ClN2O3S2/c1-12-5-7-20(8-6-12)17(24)25-11-16(22)23-10-15(21)19-14-4-2-3-13(18)9-14/h2-4,9,12H,5-8,10-11H2,1H3,(H,19,21). The summed E-state index contributed by atoms with van der Waals surface area (Å²) in [5.41, 5.74) is 0.559. The minimum Gasteiger partial charge on any atom is -0.455 e. The molecular weight excluding hydrogens is 380 g/mol. The van der Waals surface area contributed by atoms with Gasteiger partial charge in [0.25, 0.3) is 5.91 Å². The zero-order valence-corrected chi connectivity index (χ0v) is 16.4. The van der Waals surface area contributed by atoms with Crippen molar-refractivity contribution >= 4 is 57.5 Å². The Hall–Kier alpha value is -1.31. The van der Waals surface area contributed by atoms with Gasteiger partial charge in [-0.2, -0.15) is 0 Å². The Morgan fingerprint density at radius 3 is 2.80 bits per heavy atom. The van der Waals surface area contributed by atoms with Gasteiger partial charge in [0.05, 0.1) is 5.75 Å². The van der Waals surface area contributed by atoms with Gasteiger partial charge in [0.2, 0.25) is 0 Å². The number of rotatable bonds is 5. The highest BCUT2D eigenvalue weighted by Gasteiger charge is 2.19. The number of piperidine rings is 1. The predicted molar refractivity (Wildman–Crippen MR) is 106 cm³/mol. The molecule has 25 heavy (non-hydrogen) atoms. The second kappa shape index (κ2) is 9.99. The molecule has 0 spiro atoms. The van der Waals surface area contributed by atoms with Crippen LogP contribution in [0.25, 0.3) is 0 Å². The minimum atomic E-state index is -0.459. The largest absolute Gasteiger partial charge is 0.455 e. The summed E-state index contributed by atoms with van der Waals surface area (Å²) in [5, 5.41) is 3.14. The topological polar surface area (TPSA) is 58.6 Å². The van der Waals surface area contributed by atoms with Gasteiger partial charge in [0.15, 0.2) is 6.61 Å². The summed E-state index contributed by atoms with van der Waals surface area (Å²) in [7, 11) is 0. The molecule has 0 saturated carbocycles. The van der Waals surface area contributed by atoms with Crippen LogP contribution in [-0.2, 0) is 14.3 Å². The van der Waals surface area contributed by atoms with Crippen LogP contribution < -0.4 is 5.32 Å². The van der Waals surface area contributed by atoms with E-state index in [9.17, 15) is 9.59 Å². The van der Waals surface area contributed by atoms with Crippen LogP contribution in [0, 0.1) is 5.92 Å². The lowest BCUT2D eigenvalue weighted by molar-refractivity contribution is -0.144. The summed E-state index contributed by atoms with van der Waals surface area (Å²) < 4.78 is 5.69. The number of ether oxygens (including phenoxy) is 1. The zero-order valence-electron chi connectivity index (χ0n) is 14.0. The van der Waals surface area contributed by atoms with E-state index in [1.54, 1.807) is 24.3 Å². The van der Waals surface area contributed by atoms with Crippen LogP contribution >= 0.6 is 35.6 Å². The second-order valence-electron chi connectivity index (χ2n) is 5.94. The highest BCUT2D eigenvalue weighted by atomic mass is 35.5. The van der Waals surface area contributed by atoms with Crippen LogP contribution in [0.2, 0.25) is 5.02 Å². The highest BCUT2D eigenvalue weighted by molar-refractivity contribution is 8.23. The maximum atomic E-state index is 11.8. The fourth-order valence-corrected chi connectivity index (χ4v) is 3.59. The molecule has 1 aromatic rings. The van der Waals surface area contributed by atoms with E-state index >= 15 is 0 Å². The lowest BCUT2D eigenvalue weighted by Crippen LogP contribution is -2.35. The Bertz CT molecular complexity index is 634. The third-order valence-corrected chi connectivity index (χ3v) is 5.56. The quantitative estimate of drug-likeness (QED) is 0.602. The fraction of sp³-hybridized carbons (Fsp3) is 0.471. The number of thioether (sulfide) groups is 1. The van der Waals surface area contributed by atoms with E-state index in [2.05, 4.69) is 17.1 Å². The Labute approximate surface area is 162 Å². The molecule has 1 heterocycles. The number of carbonyl (C=O) groups excluding carboxylic acids is 2. The van der Waals surface area contributed by atoms with Gasteiger partial charge in [-0.3, -0.25) is 9.59 Å². The molecule has 1 saturated heterocycles. The molecule has 1 aliphatic rings. The number of esters is 1. The first-order valence-electron chi connectivity index (χ1n) is 8.07. The maximum Gasteiger partial charge on any atom is 0.316 e. The first kappa shape index (κ1) is 20.0. The number of thiocarbonyl (C=S) groups is 1. The Morgan fingerprint density at radius 2 is 2.12 bits per heavy atom. The minimum absolute atomic E-state index is 0.106. The summed E-state index contributed by atoms with van der Waals surface area (Å²) in [6, 6.07) is 6.76. The van der Waals surface area contributed by atoms with Crippen LogP contribution in [0.1, 0.15) is 19.8 Å².